The minimum Gasteiger partial charge on any atom is -0.327 e. The quantitative estimate of drug-likeness (QED) is 0.873. The summed E-state index contributed by atoms with van der Waals surface area (Å²) in [6.45, 7) is 4.55. The van der Waals surface area contributed by atoms with Gasteiger partial charge in [0.15, 0.2) is 0 Å². The molecule has 1 aliphatic heterocycles. The lowest BCUT2D eigenvalue weighted by atomic mass is 9.97. The molecule has 1 aliphatic rings. The summed E-state index contributed by atoms with van der Waals surface area (Å²) in [5.74, 6) is 0. The Morgan fingerprint density at radius 3 is 3.12 bits per heavy atom. The van der Waals surface area contributed by atoms with Gasteiger partial charge in [0.2, 0.25) is 0 Å². The van der Waals surface area contributed by atoms with E-state index < -0.39 is 0 Å². The van der Waals surface area contributed by atoms with Crippen LogP contribution in [0.5, 0.6) is 0 Å². The van der Waals surface area contributed by atoms with Crippen LogP contribution >= 0.6 is 11.3 Å². The standard InChI is InChI=1S/C13H22N2S/c1-11(14)13-6-2-3-8-15(13)9-7-12-5-4-10-16-12/h4-5,10-11,13H,2-3,6-9,14H2,1H3. The number of rotatable bonds is 4. The Morgan fingerprint density at radius 1 is 1.56 bits per heavy atom. The van der Waals surface area contributed by atoms with Crippen molar-refractivity contribution in [3.05, 3.63) is 22.4 Å². The van der Waals surface area contributed by atoms with Crippen LogP contribution in [0.25, 0.3) is 0 Å². The first-order valence-corrected chi connectivity index (χ1v) is 7.17. The number of piperidine rings is 1. The molecule has 0 spiro atoms. The van der Waals surface area contributed by atoms with Gasteiger partial charge in [-0.2, -0.15) is 0 Å². The van der Waals surface area contributed by atoms with Gasteiger partial charge in [-0.25, -0.2) is 0 Å². The molecule has 0 amide bonds. The molecule has 2 nitrogen and oxygen atoms in total. The molecule has 0 saturated carbocycles. The predicted octanol–water partition coefficient (Wildman–Crippen LogP) is 2.49. The third-order valence-electron chi connectivity index (χ3n) is 3.50. The van der Waals surface area contributed by atoms with Crippen molar-refractivity contribution in [2.24, 2.45) is 5.73 Å². The molecule has 1 aromatic rings. The molecule has 2 atom stereocenters. The summed E-state index contributed by atoms with van der Waals surface area (Å²) in [5, 5.41) is 2.16. The molecular weight excluding hydrogens is 216 g/mol. The van der Waals surface area contributed by atoms with Crippen molar-refractivity contribution in [2.75, 3.05) is 13.1 Å². The number of nitrogens with two attached hydrogens (primary N) is 1. The lowest BCUT2D eigenvalue weighted by molar-refractivity contribution is 0.132. The van der Waals surface area contributed by atoms with Crippen molar-refractivity contribution in [3.63, 3.8) is 0 Å². The molecule has 1 fully saturated rings. The van der Waals surface area contributed by atoms with Crippen LogP contribution in [0.15, 0.2) is 17.5 Å². The van der Waals surface area contributed by atoms with E-state index in [2.05, 4.69) is 29.3 Å². The molecule has 2 rings (SSSR count). The molecule has 1 aromatic heterocycles. The Hall–Kier alpha value is -0.380. The molecular formula is C13H22N2S. The topological polar surface area (TPSA) is 29.3 Å². The summed E-state index contributed by atoms with van der Waals surface area (Å²) < 4.78 is 0. The van der Waals surface area contributed by atoms with Gasteiger partial charge in [-0.3, -0.25) is 4.90 Å². The fraction of sp³-hybridized carbons (Fsp3) is 0.692. The van der Waals surface area contributed by atoms with Crippen LogP contribution < -0.4 is 5.73 Å². The second kappa shape index (κ2) is 5.80. The van der Waals surface area contributed by atoms with E-state index in [1.54, 1.807) is 0 Å². The molecule has 2 N–H and O–H groups in total. The van der Waals surface area contributed by atoms with Crippen molar-refractivity contribution in [2.45, 2.75) is 44.7 Å². The SMILES string of the molecule is CC(N)C1CCCCN1CCc1cccs1. The third kappa shape index (κ3) is 3.06. The zero-order valence-corrected chi connectivity index (χ0v) is 10.9. The number of likely N-dealkylation sites (tertiary alicyclic amines) is 1. The smallest absolute Gasteiger partial charge is 0.0244 e. The second-order valence-electron chi connectivity index (χ2n) is 4.79. The molecule has 2 unspecified atom stereocenters. The highest BCUT2D eigenvalue weighted by molar-refractivity contribution is 7.09. The molecule has 2 heterocycles. The van der Waals surface area contributed by atoms with Crippen LogP contribution in [0, 0.1) is 0 Å². The fourth-order valence-electron chi connectivity index (χ4n) is 2.60. The first kappa shape index (κ1) is 12.1. The van der Waals surface area contributed by atoms with Gasteiger partial charge in [0.1, 0.15) is 0 Å². The van der Waals surface area contributed by atoms with Crippen LogP contribution in [-0.4, -0.2) is 30.1 Å². The minimum absolute atomic E-state index is 0.309. The monoisotopic (exact) mass is 238 g/mol. The molecule has 0 aliphatic carbocycles. The Bertz CT molecular complexity index is 295. The maximum atomic E-state index is 6.07. The van der Waals surface area contributed by atoms with Crippen LogP contribution in [0.4, 0.5) is 0 Å². The van der Waals surface area contributed by atoms with Gasteiger partial charge in [0.25, 0.3) is 0 Å². The molecule has 0 bridgehead atoms. The Labute approximate surface area is 102 Å². The van der Waals surface area contributed by atoms with Crippen molar-refractivity contribution in [3.8, 4) is 0 Å². The lowest BCUT2D eigenvalue weighted by Crippen LogP contribution is -2.49. The Kier molecular flexibility index (Phi) is 4.38. The minimum atomic E-state index is 0.309. The van der Waals surface area contributed by atoms with E-state index in [9.17, 15) is 0 Å². The average molecular weight is 238 g/mol. The van der Waals surface area contributed by atoms with E-state index in [1.165, 1.54) is 43.6 Å². The molecule has 0 radical (unpaired) electrons. The predicted molar refractivity (Wildman–Crippen MR) is 70.9 cm³/mol. The van der Waals surface area contributed by atoms with E-state index in [4.69, 9.17) is 5.73 Å². The van der Waals surface area contributed by atoms with Crippen LogP contribution in [0.3, 0.4) is 0 Å². The number of thiophene rings is 1. The van der Waals surface area contributed by atoms with Gasteiger partial charge in [0, 0.05) is 23.5 Å². The van der Waals surface area contributed by atoms with Gasteiger partial charge in [-0.05, 0) is 44.2 Å². The van der Waals surface area contributed by atoms with Crippen LogP contribution in [-0.2, 0) is 6.42 Å². The summed E-state index contributed by atoms with van der Waals surface area (Å²) >= 11 is 1.86. The highest BCUT2D eigenvalue weighted by Crippen LogP contribution is 2.20. The van der Waals surface area contributed by atoms with Gasteiger partial charge in [-0.15, -0.1) is 11.3 Å². The molecule has 16 heavy (non-hydrogen) atoms. The van der Waals surface area contributed by atoms with Crippen molar-refractivity contribution >= 4 is 11.3 Å². The molecule has 0 aromatic carbocycles. The number of hydrogen-bond donors (Lipinski definition) is 1. The maximum absolute atomic E-state index is 6.07. The maximum Gasteiger partial charge on any atom is 0.0244 e. The average Bonchev–Trinajstić information content (AvgIpc) is 2.79. The van der Waals surface area contributed by atoms with Crippen molar-refractivity contribution in [1.29, 1.82) is 0 Å². The zero-order valence-electron chi connectivity index (χ0n) is 10.1. The third-order valence-corrected chi connectivity index (χ3v) is 4.43. The van der Waals surface area contributed by atoms with Gasteiger partial charge in [-0.1, -0.05) is 12.5 Å². The van der Waals surface area contributed by atoms with E-state index >= 15 is 0 Å². The number of nitrogens with zero attached hydrogens (tertiary/aromatic N) is 1. The summed E-state index contributed by atoms with van der Waals surface area (Å²) in [5.41, 5.74) is 6.07. The summed E-state index contributed by atoms with van der Waals surface area (Å²) in [6.07, 6.45) is 5.15. The summed E-state index contributed by atoms with van der Waals surface area (Å²) in [4.78, 5) is 4.09. The van der Waals surface area contributed by atoms with Crippen molar-refractivity contribution in [1.82, 2.24) is 4.90 Å². The summed E-state index contributed by atoms with van der Waals surface area (Å²) in [7, 11) is 0. The Morgan fingerprint density at radius 2 is 2.44 bits per heavy atom. The number of hydrogen-bond acceptors (Lipinski definition) is 3. The molecule has 90 valence electrons. The summed E-state index contributed by atoms with van der Waals surface area (Å²) in [6, 6.07) is 5.28. The normalized spacial score (nSPS) is 24.5. The van der Waals surface area contributed by atoms with Crippen LogP contribution in [0.2, 0.25) is 0 Å². The second-order valence-corrected chi connectivity index (χ2v) is 5.82. The van der Waals surface area contributed by atoms with Crippen LogP contribution in [0.1, 0.15) is 31.1 Å². The van der Waals surface area contributed by atoms with E-state index in [1.807, 2.05) is 11.3 Å². The largest absolute Gasteiger partial charge is 0.327 e. The van der Waals surface area contributed by atoms with E-state index in [0.29, 0.717) is 12.1 Å². The lowest BCUT2D eigenvalue weighted by Gasteiger charge is -2.38. The highest BCUT2D eigenvalue weighted by Gasteiger charge is 2.24. The van der Waals surface area contributed by atoms with Gasteiger partial charge >= 0.3 is 0 Å². The molecule has 1 saturated heterocycles. The van der Waals surface area contributed by atoms with Gasteiger partial charge < -0.3 is 5.73 Å². The van der Waals surface area contributed by atoms with Crippen molar-refractivity contribution < 1.29 is 0 Å². The Balaban J connectivity index is 1.86. The fourth-order valence-corrected chi connectivity index (χ4v) is 3.30. The highest BCUT2D eigenvalue weighted by atomic mass is 32.1. The molecule has 3 heteroatoms. The zero-order chi connectivity index (χ0) is 11.4. The first-order chi connectivity index (χ1) is 7.77. The van der Waals surface area contributed by atoms with Gasteiger partial charge in [0.05, 0.1) is 0 Å². The first-order valence-electron chi connectivity index (χ1n) is 6.29. The van der Waals surface area contributed by atoms with E-state index in [-0.39, 0.29) is 0 Å². The van der Waals surface area contributed by atoms with E-state index in [0.717, 1.165) is 0 Å².